The van der Waals surface area contributed by atoms with Gasteiger partial charge in [-0.15, -0.1) is 4.99 Å². The molecule has 11 nitrogen and oxygen atoms in total. The average Bonchev–Trinajstić information content (AvgIpc) is 3.20. The van der Waals surface area contributed by atoms with Crippen LogP contribution < -0.4 is 5.32 Å². The van der Waals surface area contributed by atoms with Crippen molar-refractivity contribution in [1.82, 2.24) is 20.0 Å². The Balaban J connectivity index is 2.35. The molecule has 0 saturated heterocycles. The van der Waals surface area contributed by atoms with Gasteiger partial charge in [0.1, 0.15) is 11.2 Å². The molecule has 11 heteroatoms. The zero-order valence-electron chi connectivity index (χ0n) is 23.3. The topological polar surface area (TPSA) is 132 Å². The van der Waals surface area contributed by atoms with E-state index in [2.05, 4.69) is 15.4 Å². The second-order valence-electron chi connectivity index (χ2n) is 11.8. The maximum atomic E-state index is 13.2. The van der Waals surface area contributed by atoms with Crippen molar-refractivity contribution < 1.29 is 28.7 Å². The number of carbonyl (C=O) groups excluding carboxylic acids is 4. The van der Waals surface area contributed by atoms with E-state index in [0.717, 1.165) is 4.90 Å². The summed E-state index contributed by atoms with van der Waals surface area (Å²) in [5.74, 6) is -0.537. The summed E-state index contributed by atoms with van der Waals surface area (Å²) in [6, 6.07) is 1.62. The third kappa shape index (κ3) is 9.14. The van der Waals surface area contributed by atoms with Crippen LogP contribution in [-0.4, -0.2) is 68.7 Å². The Morgan fingerprint density at radius 1 is 1.08 bits per heavy atom. The molecule has 1 N–H and O–H groups in total. The highest BCUT2D eigenvalue weighted by atomic mass is 16.6. The quantitative estimate of drug-likeness (QED) is 0.273. The predicted octanol–water partition coefficient (Wildman–Crippen LogP) is 4.08. The summed E-state index contributed by atoms with van der Waals surface area (Å²) < 4.78 is 12.1. The summed E-state index contributed by atoms with van der Waals surface area (Å²) in [7, 11) is 0. The summed E-state index contributed by atoms with van der Waals surface area (Å²) in [5, 5.41) is 7.19. The SMILES string of the molecule is CC(NCCN(C(=O)OC(C)(C)C)C(=NC(=O)OC(C)(C)C)n1cccn1)=C1C(=O)CC(C)(C)CC1=O. The minimum atomic E-state index is -0.904. The zero-order valence-corrected chi connectivity index (χ0v) is 23.3. The Morgan fingerprint density at radius 2 is 1.65 bits per heavy atom. The minimum Gasteiger partial charge on any atom is -0.443 e. The molecule has 37 heavy (non-hydrogen) atoms. The molecule has 1 aromatic rings. The van der Waals surface area contributed by atoms with E-state index in [1.807, 2.05) is 13.8 Å². The van der Waals surface area contributed by atoms with Crippen LogP contribution in [0.5, 0.6) is 0 Å². The van der Waals surface area contributed by atoms with Gasteiger partial charge >= 0.3 is 12.2 Å². The van der Waals surface area contributed by atoms with Gasteiger partial charge < -0.3 is 14.8 Å². The molecule has 0 aromatic carbocycles. The van der Waals surface area contributed by atoms with Crippen molar-refractivity contribution in [2.24, 2.45) is 10.4 Å². The molecular weight excluding hydrogens is 478 g/mol. The number of nitrogens with zero attached hydrogens (tertiary/aromatic N) is 4. The first-order valence-electron chi connectivity index (χ1n) is 12.2. The van der Waals surface area contributed by atoms with E-state index in [1.165, 1.54) is 17.1 Å². The van der Waals surface area contributed by atoms with Gasteiger partial charge in [-0.2, -0.15) is 5.10 Å². The number of aromatic nitrogens is 2. The van der Waals surface area contributed by atoms with Crippen LogP contribution in [0.2, 0.25) is 0 Å². The molecule has 1 aliphatic carbocycles. The van der Waals surface area contributed by atoms with Crippen LogP contribution in [0.15, 0.2) is 34.7 Å². The third-order valence-corrected chi connectivity index (χ3v) is 5.09. The minimum absolute atomic E-state index is 0.0189. The van der Waals surface area contributed by atoms with Gasteiger partial charge in [0.05, 0.1) is 5.57 Å². The number of nitrogens with one attached hydrogen (secondary N) is 1. The molecule has 0 spiro atoms. The summed E-state index contributed by atoms with van der Waals surface area (Å²) in [6.45, 7) is 15.8. The first-order chi connectivity index (χ1) is 16.9. The fraction of sp³-hybridized carbons (Fsp3) is 0.615. The van der Waals surface area contributed by atoms with E-state index in [1.54, 1.807) is 54.5 Å². The Bertz CT molecular complexity index is 1070. The summed E-state index contributed by atoms with van der Waals surface area (Å²) >= 11 is 0. The molecule has 1 heterocycles. The van der Waals surface area contributed by atoms with Crippen molar-refractivity contribution >= 4 is 29.7 Å². The molecule has 1 aliphatic rings. The molecule has 0 unspecified atom stereocenters. The highest BCUT2D eigenvalue weighted by molar-refractivity contribution is 6.22. The van der Waals surface area contributed by atoms with Gasteiger partial charge in [0.25, 0.3) is 0 Å². The van der Waals surface area contributed by atoms with Crippen molar-refractivity contribution in [3.63, 3.8) is 0 Å². The lowest BCUT2D eigenvalue weighted by Crippen LogP contribution is -2.47. The maximum Gasteiger partial charge on any atom is 0.437 e. The molecule has 1 aromatic heterocycles. The van der Waals surface area contributed by atoms with Crippen molar-refractivity contribution in [2.75, 3.05) is 13.1 Å². The molecular formula is C26H39N5O6. The second kappa shape index (κ2) is 11.3. The molecule has 2 amide bonds. The van der Waals surface area contributed by atoms with E-state index in [-0.39, 0.29) is 54.4 Å². The highest BCUT2D eigenvalue weighted by Gasteiger charge is 2.37. The van der Waals surface area contributed by atoms with Crippen LogP contribution in [0.1, 0.15) is 75.2 Å². The Hall–Kier alpha value is -3.50. The van der Waals surface area contributed by atoms with Gasteiger partial charge in [-0.1, -0.05) is 13.8 Å². The van der Waals surface area contributed by atoms with E-state index >= 15 is 0 Å². The van der Waals surface area contributed by atoms with Crippen molar-refractivity contribution in [3.8, 4) is 0 Å². The first-order valence-corrected chi connectivity index (χ1v) is 12.2. The van der Waals surface area contributed by atoms with Gasteiger partial charge in [-0.3, -0.25) is 9.59 Å². The van der Waals surface area contributed by atoms with Crippen LogP contribution in [0.25, 0.3) is 0 Å². The molecule has 0 atom stereocenters. The van der Waals surface area contributed by atoms with Gasteiger partial charge in [-0.05, 0) is 59.9 Å². The number of allylic oxidation sites excluding steroid dienone is 2. The lowest BCUT2D eigenvalue weighted by atomic mass is 9.73. The number of ketones is 2. The summed E-state index contributed by atoms with van der Waals surface area (Å²) in [4.78, 5) is 56.2. The van der Waals surface area contributed by atoms with Crippen LogP contribution in [0.4, 0.5) is 9.59 Å². The van der Waals surface area contributed by atoms with E-state index in [9.17, 15) is 19.2 Å². The lowest BCUT2D eigenvalue weighted by Gasteiger charge is -2.30. The number of rotatable bonds is 4. The Morgan fingerprint density at radius 3 is 2.14 bits per heavy atom. The fourth-order valence-corrected chi connectivity index (χ4v) is 3.70. The number of hydrogen-bond donors (Lipinski definition) is 1. The smallest absolute Gasteiger partial charge is 0.437 e. The van der Waals surface area contributed by atoms with Gasteiger partial charge in [-0.25, -0.2) is 19.2 Å². The number of amides is 2. The molecule has 0 aliphatic heterocycles. The standard InChI is InChI=1S/C26H39N5O6/c1-17(20-18(32)15-26(8,9)16-19(20)33)27-12-14-30(23(35)37-25(5,6)7)21(31-13-10-11-28-31)29-22(34)36-24(2,3)4/h10-11,13,27H,12,14-16H2,1-9H3. The van der Waals surface area contributed by atoms with E-state index in [4.69, 9.17) is 9.47 Å². The fourth-order valence-electron chi connectivity index (χ4n) is 3.70. The number of carbonyl (C=O) groups is 4. The molecule has 0 radical (unpaired) electrons. The van der Waals surface area contributed by atoms with Crippen molar-refractivity contribution in [2.45, 2.75) is 86.4 Å². The van der Waals surface area contributed by atoms with Gasteiger partial charge in [0.2, 0.25) is 5.96 Å². The van der Waals surface area contributed by atoms with Crippen molar-refractivity contribution in [1.29, 1.82) is 0 Å². The van der Waals surface area contributed by atoms with Crippen molar-refractivity contribution in [3.05, 3.63) is 29.7 Å². The third-order valence-electron chi connectivity index (χ3n) is 5.09. The van der Waals surface area contributed by atoms with Crippen LogP contribution >= 0.6 is 0 Å². The lowest BCUT2D eigenvalue weighted by molar-refractivity contribution is -0.127. The number of aliphatic imine (C=N–C) groups is 1. The summed E-state index contributed by atoms with van der Waals surface area (Å²) in [6.07, 6.45) is 1.91. The van der Waals surface area contributed by atoms with Crippen LogP contribution in [0.3, 0.4) is 0 Å². The molecule has 1 fully saturated rings. The van der Waals surface area contributed by atoms with Crippen LogP contribution in [0, 0.1) is 5.41 Å². The van der Waals surface area contributed by atoms with Crippen LogP contribution in [-0.2, 0) is 19.1 Å². The molecule has 204 valence electrons. The number of ether oxygens (including phenoxy) is 2. The number of hydrogen-bond acceptors (Lipinski definition) is 8. The molecule has 1 saturated carbocycles. The predicted molar refractivity (Wildman–Crippen MR) is 138 cm³/mol. The van der Waals surface area contributed by atoms with Gasteiger partial charge in [0, 0.05) is 44.0 Å². The van der Waals surface area contributed by atoms with E-state index < -0.39 is 23.4 Å². The Kier molecular flexibility index (Phi) is 9.05. The zero-order chi connectivity index (χ0) is 28.2. The maximum absolute atomic E-state index is 13.2. The summed E-state index contributed by atoms with van der Waals surface area (Å²) in [5.41, 5.74) is -1.42. The normalized spacial score (nSPS) is 16.4. The first kappa shape index (κ1) is 29.7. The monoisotopic (exact) mass is 517 g/mol. The highest BCUT2D eigenvalue weighted by Crippen LogP contribution is 2.34. The Labute approximate surface area is 218 Å². The van der Waals surface area contributed by atoms with E-state index in [0.29, 0.717) is 5.70 Å². The molecule has 2 rings (SSSR count). The number of Topliss-reactive ketones (excluding diaryl/α,β-unsaturated/α-hetero) is 2. The average molecular weight is 518 g/mol. The second-order valence-corrected chi connectivity index (χ2v) is 11.8. The molecule has 0 bridgehead atoms. The largest absolute Gasteiger partial charge is 0.443 e. The van der Waals surface area contributed by atoms with Gasteiger partial charge in [0.15, 0.2) is 11.6 Å².